The Kier molecular flexibility index (Phi) is 10.3. The zero-order valence-corrected chi connectivity index (χ0v) is 13.5. The first kappa shape index (κ1) is 17.9. The number of likely N-dealkylation sites (N-methyl/N-ethyl adjacent to an activating group) is 1. The minimum absolute atomic E-state index is 0. The van der Waals surface area contributed by atoms with E-state index in [0.717, 1.165) is 4.38 Å². The molecular weight excluding hydrogens is 345 g/mol. The van der Waals surface area contributed by atoms with Gasteiger partial charge < -0.3 is 28.5 Å². The number of carbonyl (C=O) groups is 1. The molecule has 0 aromatic rings. The number of rotatable bonds is 3. The number of carbonyl (C=O) groups excluding carboxylic acids is 1. The van der Waals surface area contributed by atoms with Crippen LogP contribution in [-0.2, 0) is 4.79 Å². The predicted molar refractivity (Wildman–Crippen MR) is 65.5 cm³/mol. The number of hydrogen-bond donors (Lipinski definition) is 1. The SMILES string of the molecule is CSC(=NNC(=O)C[N+](C)(C)C)SC.[I-]. The van der Waals surface area contributed by atoms with Crippen molar-refractivity contribution in [3.63, 3.8) is 0 Å². The summed E-state index contributed by atoms with van der Waals surface area (Å²) >= 11 is 3.05. The van der Waals surface area contributed by atoms with Crippen LogP contribution in [0.25, 0.3) is 0 Å². The van der Waals surface area contributed by atoms with Crippen LogP contribution in [-0.4, -0.2) is 55.0 Å². The average molecular weight is 363 g/mol. The quantitative estimate of drug-likeness (QED) is 0.204. The van der Waals surface area contributed by atoms with Gasteiger partial charge >= 0.3 is 0 Å². The van der Waals surface area contributed by atoms with E-state index >= 15 is 0 Å². The molecule has 0 radical (unpaired) electrons. The van der Waals surface area contributed by atoms with E-state index in [9.17, 15) is 4.79 Å². The second kappa shape index (κ2) is 8.66. The monoisotopic (exact) mass is 363 g/mol. The largest absolute Gasteiger partial charge is 1.00 e. The van der Waals surface area contributed by atoms with Gasteiger partial charge in [-0.2, -0.15) is 5.10 Å². The molecule has 7 heteroatoms. The van der Waals surface area contributed by atoms with Gasteiger partial charge in [-0.3, -0.25) is 4.79 Å². The Morgan fingerprint density at radius 1 is 1.27 bits per heavy atom. The maximum atomic E-state index is 11.3. The molecule has 0 aromatic carbocycles. The highest BCUT2D eigenvalue weighted by molar-refractivity contribution is 8.38. The van der Waals surface area contributed by atoms with Crippen LogP contribution in [0, 0.1) is 0 Å². The highest BCUT2D eigenvalue weighted by atomic mass is 127. The zero-order chi connectivity index (χ0) is 11.2. The number of amides is 1. The molecule has 0 saturated heterocycles. The molecule has 0 rings (SSSR count). The Bertz CT molecular complexity index is 222. The van der Waals surface area contributed by atoms with Gasteiger partial charge in [-0.25, -0.2) is 5.43 Å². The average Bonchev–Trinajstić information content (AvgIpc) is 2.03. The first-order valence-electron chi connectivity index (χ1n) is 4.14. The zero-order valence-electron chi connectivity index (χ0n) is 9.70. The first-order chi connectivity index (χ1) is 6.39. The van der Waals surface area contributed by atoms with Crippen molar-refractivity contribution < 1.29 is 33.3 Å². The number of hydrazone groups is 1. The number of hydrogen-bond acceptors (Lipinski definition) is 4. The third-order valence-electron chi connectivity index (χ3n) is 1.24. The summed E-state index contributed by atoms with van der Waals surface area (Å²) in [4.78, 5) is 11.3. The van der Waals surface area contributed by atoms with E-state index in [1.54, 1.807) is 0 Å². The smallest absolute Gasteiger partial charge is 0.295 e. The first-order valence-corrected chi connectivity index (χ1v) is 6.59. The molecule has 0 aliphatic carbocycles. The van der Waals surface area contributed by atoms with Gasteiger partial charge in [-0.1, -0.05) is 0 Å². The molecular formula is C8H18IN3OS2. The molecule has 4 nitrogen and oxygen atoms in total. The van der Waals surface area contributed by atoms with Crippen molar-refractivity contribution in [1.29, 1.82) is 0 Å². The molecule has 0 spiro atoms. The van der Waals surface area contributed by atoms with Crippen molar-refractivity contribution in [2.24, 2.45) is 5.10 Å². The van der Waals surface area contributed by atoms with Crippen molar-refractivity contribution in [2.75, 3.05) is 40.2 Å². The summed E-state index contributed by atoms with van der Waals surface area (Å²) in [5, 5.41) is 3.98. The number of nitrogens with one attached hydrogen (secondary N) is 1. The molecule has 0 bridgehead atoms. The van der Waals surface area contributed by atoms with Crippen LogP contribution in [0.5, 0.6) is 0 Å². The minimum Gasteiger partial charge on any atom is -1.00 e. The normalized spacial score (nSPS) is 10.2. The fourth-order valence-electron chi connectivity index (χ4n) is 0.749. The Morgan fingerprint density at radius 3 is 2.07 bits per heavy atom. The van der Waals surface area contributed by atoms with Gasteiger partial charge in [-0.15, -0.1) is 23.5 Å². The van der Waals surface area contributed by atoms with Gasteiger partial charge in [-0.05, 0) is 12.5 Å². The van der Waals surface area contributed by atoms with Crippen LogP contribution < -0.4 is 29.4 Å². The molecule has 0 aliphatic heterocycles. The van der Waals surface area contributed by atoms with E-state index in [1.165, 1.54) is 23.5 Å². The molecule has 0 aromatic heterocycles. The van der Waals surface area contributed by atoms with Crippen LogP contribution in [0.2, 0.25) is 0 Å². The van der Waals surface area contributed by atoms with Gasteiger partial charge in [0.2, 0.25) is 0 Å². The van der Waals surface area contributed by atoms with Crippen LogP contribution >= 0.6 is 23.5 Å². The van der Waals surface area contributed by atoms with Gasteiger partial charge in [0.1, 0.15) is 4.38 Å². The van der Waals surface area contributed by atoms with E-state index in [4.69, 9.17) is 0 Å². The van der Waals surface area contributed by atoms with Crippen molar-refractivity contribution in [1.82, 2.24) is 5.43 Å². The van der Waals surface area contributed by atoms with E-state index < -0.39 is 0 Å². The maximum Gasteiger partial charge on any atom is 0.295 e. The maximum absolute atomic E-state index is 11.3. The van der Waals surface area contributed by atoms with E-state index in [2.05, 4.69) is 10.5 Å². The van der Waals surface area contributed by atoms with Gasteiger partial charge in [0.25, 0.3) is 5.91 Å². The minimum atomic E-state index is -0.0573. The molecule has 90 valence electrons. The number of quaternary nitrogens is 1. The lowest BCUT2D eigenvalue weighted by molar-refractivity contribution is -0.862. The predicted octanol–water partition coefficient (Wildman–Crippen LogP) is -2.19. The van der Waals surface area contributed by atoms with E-state index in [-0.39, 0.29) is 29.9 Å². The standard InChI is InChI=1S/C8H17N3OS2.HI/c1-11(2,3)6-7(12)9-10-8(13-4)14-5;/h6H2,1-5H3;1H. The Balaban J connectivity index is 0. The summed E-state index contributed by atoms with van der Waals surface area (Å²) in [5.41, 5.74) is 2.53. The lowest BCUT2D eigenvalue weighted by Gasteiger charge is -2.22. The van der Waals surface area contributed by atoms with Gasteiger partial charge in [0.15, 0.2) is 6.54 Å². The molecule has 1 amide bonds. The summed E-state index contributed by atoms with van der Waals surface area (Å²) in [5.74, 6) is -0.0573. The fourth-order valence-corrected chi connectivity index (χ4v) is 1.69. The van der Waals surface area contributed by atoms with Crippen molar-refractivity contribution in [3.8, 4) is 0 Å². The summed E-state index contributed by atoms with van der Waals surface area (Å²) < 4.78 is 1.47. The highest BCUT2D eigenvalue weighted by Crippen LogP contribution is 2.09. The summed E-state index contributed by atoms with van der Waals surface area (Å²) in [7, 11) is 5.90. The van der Waals surface area contributed by atoms with Crippen molar-refractivity contribution in [3.05, 3.63) is 0 Å². The van der Waals surface area contributed by atoms with Crippen LogP contribution in [0.1, 0.15) is 0 Å². The molecule has 0 heterocycles. The molecule has 1 N–H and O–H groups in total. The third-order valence-corrected chi connectivity index (χ3v) is 3.12. The lowest BCUT2D eigenvalue weighted by atomic mass is 10.5. The fraction of sp³-hybridized carbons (Fsp3) is 0.750. The topological polar surface area (TPSA) is 41.5 Å². The Labute approximate surface area is 117 Å². The molecule has 0 unspecified atom stereocenters. The second-order valence-corrected chi connectivity index (χ2v) is 5.62. The lowest BCUT2D eigenvalue weighted by Crippen LogP contribution is -3.00. The van der Waals surface area contributed by atoms with Crippen LogP contribution in [0.15, 0.2) is 5.10 Å². The molecule has 0 aliphatic rings. The number of thioether (sulfide) groups is 2. The highest BCUT2D eigenvalue weighted by Gasteiger charge is 2.13. The summed E-state index contributed by atoms with van der Waals surface area (Å²) in [6.07, 6.45) is 3.86. The molecule has 15 heavy (non-hydrogen) atoms. The Morgan fingerprint density at radius 2 is 1.73 bits per heavy atom. The number of nitrogens with zero attached hydrogens (tertiary/aromatic N) is 2. The Hall–Kier alpha value is 0.530. The van der Waals surface area contributed by atoms with Crippen LogP contribution in [0.4, 0.5) is 0 Å². The molecule has 0 saturated carbocycles. The summed E-state index contributed by atoms with van der Waals surface area (Å²) in [6.45, 7) is 0.430. The van der Waals surface area contributed by atoms with Crippen molar-refractivity contribution in [2.45, 2.75) is 0 Å². The number of halogens is 1. The van der Waals surface area contributed by atoms with Gasteiger partial charge in [0, 0.05) is 0 Å². The summed E-state index contributed by atoms with van der Waals surface area (Å²) in [6, 6.07) is 0. The van der Waals surface area contributed by atoms with Crippen LogP contribution in [0.3, 0.4) is 0 Å². The second-order valence-electron chi connectivity index (χ2n) is 3.77. The van der Waals surface area contributed by atoms with Gasteiger partial charge in [0.05, 0.1) is 21.1 Å². The molecule has 0 fully saturated rings. The molecule has 0 atom stereocenters. The third kappa shape index (κ3) is 10.8. The van der Waals surface area contributed by atoms with E-state index in [1.807, 2.05) is 33.7 Å². The van der Waals surface area contributed by atoms with Crippen molar-refractivity contribution >= 4 is 33.8 Å². The van der Waals surface area contributed by atoms with E-state index in [0.29, 0.717) is 11.0 Å².